The van der Waals surface area contributed by atoms with Gasteiger partial charge in [-0.3, -0.25) is 10.1 Å². The Morgan fingerprint density at radius 1 is 1.40 bits per heavy atom. The molecule has 0 aliphatic heterocycles. The van der Waals surface area contributed by atoms with Crippen LogP contribution in [0.1, 0.15) is 41.9 Å². The second-order valence-corrected chi connectivity index (χ2v) is 5.60. The summed E-state index contributed by atoms with van der Waals surface area (Å²) in [4.78, 5) is 20.8. The molecule has 1 amide bonds. The van der Waals surface area contributed by atoms with Crippen LogP contribution in [-0.2, 0) is 0 Å². The number of nitrogens with one attached hydrogen (secondary N) is 2. The molecule has 0 spiro atoms. The molecule has 104 valence electrons. The molecule has 2 N–H and O–H groups in total. The van der Waals surface area contributed by atoms with Crippen LogP contribution in [0.2, 0.25) is 0 Å². The minimum atomic E-state index is -0.221. The Morgan fingerprint density at radius 3 is 3.00 bits per heavy atom. The molecule has 0 bridgehead atoms. The zero-order valence-electron chi connectivity index (χ0n) is 11.2. The monoisotopic (exact) mass is 288 g/mol. The SMILES string of the molecule is CCNc1cccc(C(=O)Nc2nc(C3CC3)cs2)n1. The number of nitrogens with zero attached hydrogens (tertiary/aromatic N) is 2. The van der Waals surface area contributed by atoms with E-state index in [1.54, 1.807) is 6.07 Å². The summed E-state index contributed by atoms with van der Waals surface area (Å²) in [5.74, 6) is 1.09. The quantitative estimate of drug-likeness (QED) is 0.887. The van der Waals surface area contributed by atoms with Crippen LogP contribution in [0.3, 0.4) is 0 Å². The van der Waals surface area contributed by atoms with E-state index in [-0.39, 0.29) is 5.91 Å². The molecule has 1 aliphatic rings. The van der Waals surface area contributed by atoms with Crippen LogP contribution >= 0.6 is 11.3 Å². The number of carbonyl (C=O) groups excluding carboxylic acids is 1. The van der Waals surface area contributed by atoms with Gasteiger partial charge in [0.2, 0.25) is 0 Å². The summed E-state index contributed by atoms with van der Waals surface area (Å²) in [5.41, 5.74) is 1.49. The van der Waals surface area contributed by atoms with Gasteiger partial charge in [-0.2, -0.15) is 0 Å². The van der Waals surface area contributed by atoms with Crippen LogP contribution in [0.5, 0.6) is 0 Å². The van der Waals surface area contributed by atoms with Gasteiger partial charge in [-0.15, -0.1) is 11.3 Å². The minimum absolute atomic E-state index is 0.221. The lowest BCUT2D eigenvalue weighted by Crippen LogP contribution is -2.14. The average molecular weight is 288 g/mol. The predicted molar refractivity (Wildman–Crippen MR) is 80.4 cm³/mol. The van der Waals surface area contributed by atoms with Gasteiger partial charge >= 0.3 is 0 Å². The van der Waals surface area contributed by atoms with Crippen molar-refractivity contribution < 1.29 is 4.79 Å². The predicted octanol–water partition coefficient (Wildman–Crippen LogP) is 3.10. The highest BCUT2D eigenvalue weighted by Crippen LogP contribution is 2.40. The summed E-state index contributed by atoms with van der Waals surface area (Å²) in [6, 6.07) is 5.36. The maximum Gasteiger partial charge on any atom is 0.276 e. The Kier molecular flexibility index (Phi) is 3.64. The van der Waals surface area contributed by atoms with Gasteiger partial charge in [0.1, 0.15) is 11.5 Å². The van der Waals surface area contributed by atoms with Crippen molar-refractivity contribution in [2.45, 2.75) is 25.7 Å². The van der Waals surface area contributed by atoms with Crippen LogP contribution in [0.25, 0.3) is 0 Å². The van der Waals surface area contributed by atoms with Crippen molar-refractivity contribution in [1.29, 1.82) is 0 Å². The molecular weight excluding hydrogens is 272 g/mol. The number of hydrogen-bond acceptors (Lipinski definition) is 5. The lowest BCUT2D eigenvalue weighted by atomic mass is 10.3. The second-order valence-electron chi connectivity index (χ2n) is 4.74. The van der Waals surface area contributed by atoms with Gasteiger partial charge < -0.3 is 5.32 Å². The maximum atomic E-state index is 12.1. The van der Waals surface area contributed by atoms with E-state index in [1.807, 2.05) is 24.4 Å². The highest BCUT2D eigenvalue weighted by Gasteiger charge is 2.26. The normalized spacial score (nSPS) is 14.1. The first kappa shape index (κ1) is 13.1. The zero-order chi connectivity index (χ0) is 13.9. The standard InChI is InChI=1S/C14H16N4OS/c1-2-15-12-5-3-4-10(16-12)13(19)18-14-17-11(8-20-14)9-6-7-9/h3-5,8-9H,2,6-7H2,1H3,(H,15,16)(H,17,18,19). The highest BCUT2D eigenvalue weighted by atomic mass is 32.1. The largest absolute Gasteiger partial charge is 0.370 e. The number of pyridine rings is 1. The summed E-state index contributed by atoms with van der Waals surface area (Å²) >= 11 is 1.47. The molecule has 1 saturated carbocycles. The number of rotatable bonds is 5. The van der Waals surface area contributed by atoms with E-state index in [9.17, 15) is 4.79 Å². The molecule has 2 heterocycles. The van der Waals surface area contributed by atoms with Gasteiger partial charge in [-0.25, -0.2) is 9.97 Å². The van der Waals surface area contributed by atoms with E-state index in [2.05, 4.69) is 20.6 Å². The minimum Gasteiger partial charge on any atom is -0.370 e. The van der Waals surface area contributed by atoms with Gasteiger partial charge in [0.15, 0.2) is 5.13 Å². The lowest BCUT2D eigenvalue weighted by Gasteiger charge is -2.05. The van der Waals surface area contributed by atoms with Gasteiger partial charge in [0.25, 0.3) is 5.91 Å². The summed E-state index contributed by atoms with van der Waals surface area (Å²) < 4.78 is 0. The van der Waals surface area contributed by atoms with Crippen LogP contribution in [0, 0.1) is 0 Å². The number of thiazole rings is 1. The zero-order valence-corrected chi connectivity index (χ0v) is 12.0. The van der Waals surface area contributed by atoms with E-state index in [1.165, 1.54) is 24.2 Å². The topological polar surface area (TPSA) is 66.9 Å². The lowest BCUT2D eigenvalue weighted by molar-refractivity contribution is 0.102. The Balaban J connectivity index is 1.69. The molecule has 6 heteroatoms. The molecule has 1 aliphatic carbocycles. The fourth-order valence-electron chi connectivity index (χ4n) is 1.91. The van der Waals surface area contributed by atoms with Crippen molar-refractivity contribution in [2.75, 3.05) is 17.2 Å². The van der Waals surface area contributed by atoms with Crippen molar-refractivity contribution in [3.63, 3.8) is 0 Å². The summed E-state index contributed by atoms with van der Waals surface area (Å²) in [7, 11) is 0. The van der Waals surface area contributed by atoms with E-state index in [0.29, 0.717) is 22.6 Å². The molecule has 0 radical (unpaired) electrons. The van der Waals surface area contributed by atoms with Crippen molar-refractivity contribution >= 4 is 28.2 Å². The summed E-state index contributed by atoms with van der Waals surface area (Å²) in [6.45, 7) is 2.76. The van der Waals surface area contributed by atoms with Gasteiger partial charge in [-0.1, -0.05) is 6.07 Å². The Morgan fingerprint density at radius 2 is 2.25 bits per heavy atom. The van der Waals surface area contributed by atoms with E-state index < -0.39 is 0 Å². The molecule has 1 fully saturated rings. The fourth-order valence-corrected chi connectivity index (χ4v) is 2.70. The van der Waals surface area contributed by atoms with Crippen molar-refractivity contribution in [2.24, 2.45) is 0 Å². The van der Waals surface area contributed by atoms with Gasteiger partial charge in [0.05, 0.1) is 5.69 Å². The Labute approximate surface area is 121 Å². The molecule has 3 rings (SSSR count). The smallest absolute Gasteiger partial charge is 0.276 e. The third-order valence-corrected chi connectivity index (χ3v) is 3.85. The maximum absolute atomic E-state index is 12.1. The number of amides is 1. The average Bonchev–Trinajstić information content (AvgIpc) is 3.20. The number of aromatic nitrogens is 2. The fraction of sp³-hybridized carbons (Fsp3) is 0.357. The van der Waals surface area contributed by atoms with E-state index in [4.69, 9.17) is 0 Å². The van der Waals surface area contributed by atoms with Crippen molar-refractivity contribution in [1.82, 2.24) is 9.97 Å². The van der Waals surface area contributed by atoms with Crippen molar-refractivity contribution in [3.8, 4) is 0 Å². The third kappa shape index (κ3) is 2.96. The first-order chi connectivity index (χ1) is 9.76. The van der Waals surface area contributed by atoms with Crippen LogP contribution < -0.4 is 10.6 Å². The molecule has 2 aromatic heterocycles. The molecular formula is C14H16N4OS. The van der Waals surface area contributed by atoms with Crippen LogP contribution in [0.4, 0.5) is 10.9 Å². The first-order valence-electron chi connectivity index (χ1n) is 6.74. The summed E-state index contributed by atoms with van der Waals surface area (Å²) in [5, 5.41) is 8.57. The van der Waals surface area contributed by atoms with Crippen LogP contribution in [0.15, 0.2) is 23.6 Å². The third-order valence-electron chi connectivity index (χ3n) is 3.08. The molecule has 0 unspecified atom stereocenters. The van der Waals surface area contributed by atoms with Crippen LogP contribution in [-0.4, -0.2) is 22.4 Å². The molecule has 5 nitrogen and oxygen atoms in total. The molecule has 20 heavy (non-hydrogen) atoms. The number of carbonyl (C=O) groups is 1. The second kappa shape index (κ2) is 5.58. The van der Waals surface area contributed by atoms with Crippen molar-refractivity contribution in [3.05, 3.63) is 35.0 Å². The Hall–Kier alpha value is -1.95. The van der Waals surface area contributed by atoms with E-state index in [0.717, 1.165) is 12.2 Å². The van der Waals surface area contributed by atoms with Gasteiger partial charge in [-0.05, 0) is 31.9 Å². The highest BCUT2D eigenvalue weighted by molar-refractivity contribution is 7.14. The Bertz CT molecular complexity index is 621. The first-order valence-corrected chi connectivity index (χ1v) is 7.62. The molecule has 0 saturated heterocycles. The van der Waals surface area contributed by atoms with Gasteiger partial charge in [0, 0.05) is 17.8 Å². The summed E-state index contributed by atoms with van der Waals surface area (Å²) in [6.07, 6.45) is 2.42. The molecule has 0 aromatic carbocycles. The number of hydrogen-bond donors (Lipinski definition) is 2. The van der Waals surface area contributed by atoms with E-state index >= 15 is 0 Å². The molecule has 2 aromatic rings. The molecule has 0 atom stereocenters. The number of anilines is 2.